The lowest BCUT2D eigenvalue weighted by Crippen LogP contribution is -2.32. The number of rotatable bonds is 7. The Labute approximate surface area is 166 Å². The molecule has 7 heteroatoms. The smallest absolute Gasteiger partial charge is 0.291 e. The van der Waals surface area contributed by atoms with Crippen LogP contribution in [-0.4, -0.2) is 38.5 Å². The summed E-state index contributed by atoms with van der Waals surface area (Å²) >= 11 is 1.29. The first-order chi connectivity index (χ1) is 13.7. The lowest BCUT2D eigenvalue weighted by atomic mass is 9.88. The summed E-state index contributed by atoms with van der Waals surface area (Å²) in [5.41, 5.74) is 0.805. The summed E-state index contributed by atoms with van der Waals surface area (Å²) in [7, 11) is 0. The number of hydrogen-bond acceptors (Lipinski definition) is 5. The van der Waals surface area contributed by atoms with E-state index >= 15 is 0 Å². The Morgan fingerprint density at radius 1 is 1.07 bits per heavy atom. The van der Waals surface area contributed by atoms with Crippen molar-refractivity contribution in [2.45, 2.75) is 19.0 Å². The molecule has 1 saturated heterocycles. The highest BCUT2D eigenvalue weighted by Crippen LogP contribution is 2.38. The number of imidazole rings is 1. The highest BCUT2D eigenvalue weighted by Gasteiger charge is 2.51. The zero-order chi connectivity index (χ0) is 19.5. The van der Waals surface area contributed by atoms with Gasteiger partial charge in [-0.1, -0.05) is 36.4 Å². The fourth-order valence-electron chi connectivity index (χ4n) is 3.66. The van der Waals surface area contributed by atoms with Gasteiger partial charge in [0.2, 0.25) is 5.78 Å². The first kappa shape index (κ1) is 18.3. The fraction of sp³-hybridized carbons (Fsp3) is 0.238. The van der Waals surface area contributed by atoms with Crippen LogP contribution in [-0.2, 0) is 16.1 Å². The van der Waals surface area contributed by atoms with Crippen LogP contribution in [0.4, 0.5) is 0 Å². The van der Waals surface area contributed by atoms with E-state index < -0.39 is 23.7 Å². The van der Waals surface area contributed by atoms with E-state index in [1.54, 1.807) is 34.9 Å². The van der Waals surface area contributed by atoms with Gasteiger partial charge in [0.05, 0.1) is 17.2 Å². The molecule has 1 amide bonds. The van der Waals surface area contributed by atoms with Gasteiger partial charge in [-0.05, 0) is 23.4 Å². The summed E-state index contributed by atoms with van der Waals surface area (Å²) in [5, 5.41) is 1.80. The standard InChI is InChI=1S/C21H19N3O3S/c25-19(16-8-4-13-28-16)17-18(15-6-2-1-3-7-15)24(21(27)20(17)26)11-5-10-23-12-9-22-14-23/h1-4,6-9,12-14,17-18H,5,10-11H2. The molecule has 142 valence electrons. The van der Waals surface area contributed by atoms with Gasteiger partial charge in [-0.25, -0.2) is 4.98 Å². The summed E-state index contributed by atoms with van der Waals surface area (Å²) in [4.78, 5) is 44.7. The maximum Gasteiger partial charge on any atom is 0.291 e. The van der Waals surface area contributed by atoms with E-state index in [1.165, 1.54) is 11.3 Å². The van der Waals surface area contributed by atoms with E-state index in [1.807, 2.05) is 41.1 Å². The van der Waals surface area contributed by atoms with Crippen molar-refractivity contribution in [2.75, 3.05) is 6.54 Å². The SMILES string of the molecule is O=C1C(=O)N(CCCn2ccnc2)C(c2ccccc2)C1C(=O)c1cccs1. The molecule has 1 aliphatic rings. The third-order valence-electron chi connectivity index (χ3n) is 4.97. The monoisotopic (exact) mass is 393 g/mol. The molecule has 28 heavy (non-hydrogen) atoms. The normalized spacial score (nSPS) is 19.4. The number of hydrogen-bond donors (Lipinski definition) is 0. The highest BCUT2D eigenvalue weighted by atomic mass is 32.1. The Balaban J connectivity index is 1.63. The van der Waals surface area contributed by atoms with Crippen LogP contribution >= 0.6 is 11.3 Å². The minimum Gasteiger partial charge on any atom is -0.337 e. The Hall–Kier alpha value is -3.06. The molecule has 3 heterocycles. The third-order valence-corrected chi connectivity index (χ3v) is 5.85. The van der Waals surface area contributed by atoms with Gasteiger partial charge in [0.15, 0.2) is 5.78 Å². The van der Waals surface area contributed by atoms with Gasteiger partial charge in [-0.3, -0.25) is 14.4 Å². The second kappa shape index (κ2) is 7.90. The molecule has 0 bridgehead atoms. The van der Waals surface area contributed by atoms with E-state index in [-0.39, 0.29) is 5.78 Å². The summed E-state index contributed by atoms with van der Waals surface area (Å²) < 4.78 is 1.92. The molecule has 0 aliphatic carbocycles. The third kappa shape index (κ3) is 3.41. The molecule has 2 atom stereocenters. The lowest BCUT2D eigenvalue weighted by Gasteiger charge is -2.27. The van der Waals surface area contributed by atoms with E-state index in [0.717, 1.165) is 5.56 Å². The molecule has 0 N–H and O–H groups in total. The van der Waals surface area contributed by atoms with Crippen molar-refractivity contribution in [3.63, 3.8) is 0 Å². The molecule has 1 fully saturated rings. The molecule has 0 spiro atoms. The van der Waals surface area contributed by atoms with Crippen LogP contribution in [0.25, 0.3) is 0 Å². The number of carbonyl (C=O) groups excluding carboxylic acids is 3. The number of likely N-dealkylation sites (tertiary alicyclic amines) is 1. The van der Waals surface area contributed by atoms with Crippen LogP contribution < -0.4 is 0 Å². The Kier molecular flexibility index (Phi) is 5.16. The predicted octanol–water partition coefficient (Wildman–Crippen LogP) is 2.99. The average molecular weight is 393 g/mol. The second-order valence-electron chi connectivity index (χ2n) is 6.69. The Bertz CT molecular complexity index is 968. The van der Waals surface area contributed by atoms with Gasteiger partial charge in [0.25, 0.3) is 5.91 Å². The number of amides is 1. The van der Waals surface area contributed by atoms with Gasteiger partial charge in [0, 0.05) is 25.5 Å². The molecule has 1 aliphatic heterocycles. The van der Waals surface area contributed by atoms with Crippen molar-refractivity contribution >= 4 is 28.8 Å². The fourth-order valence-corrected chi connectivity index (χ4v) is 4.37. The topological polar surface area (TPSA) is 72.3 Å². The molecule has 3 aromatic rings. The molecule has 6 nitrogen and oxygen atoms in total. The van der Waals surface area contributed by atoms with E-state index in [0.29, 0.717) is 24.4 Å². The molecule has 4 rings (SSSR count). The van der Waals surface area contributed by atoms with Gasteiger partial charge in [0.1, 0.15) is 5.92 Å². The molecular weight excluding hydrogens is 374 g/mol. The van der Waals surface area contributed by atoms with E-state index in [4.69, 9.17) is 0 Å². The number of benzene rings is 1. The summed E-state index contributed by atoms with van der Waals surface area (Å²) in [6, 6.07) is 12.2. The molecule has 0 radical (unpaired) electrons. The predicted molar refractivity (Wildman–Crippen MR) is 105 cm³/mol. The Morgan fingerprint density at radius 2 is 1.89 bits per heavy atom. The van der Waals surface area contributed by atoms with E-state index in [2.05, 4.69) is 4.98 Å². The molecule has 2 unspecified atom stereocenters. The number of aryl methyl sites for hydroxylation is 1. The molecule has 2 aromatic heterocycles. The van der Waals surface area contributed by atoms with Crippen molar-refractivity contribution < 1.29 is 14.4 Å². The van der Waals surface area contributed by atoms with Crippen LogP contribution in [0.1, 0.15) is 27.7 Å². The zero-order valence-electron chi connectivity index (χ0n) is 15.1. The molecular formula is C21H19N3O3S. The minimum atomic E-state index is -0.998. The maximum absolute atomic E-state index is 13.1. The van der Waals surface area contributed by atoms with Gasteiger partial charge in [-0.2, -0.15) is 0 Å². The van der Waals surface area contributed by atoms with Crippen LogP contribution in [0.2, 0.25) is 0 Å². The first-order valence-corrected chi connectivity index (χ1v) is 9.98. The second-order valence-corrected chi connectivity index (χ2v) is 7.64. The van der Waals surface area contributed by atoms with Gasteiger partial charge >= 0.3 is 0 Å². The number of carbonyl (C=O) groups is 3. The largest absolute Gasteiger partial charge is 0.337 e. The number of Topliss-reactive ketones (excluding diaryl/α,β-unsaturated/α-hetero) is 2. The zero-order valence-corrected chi connectivity index (χ0v) is 15.9. The van der Waals surface area contributed by atoms with Crippen LogP contribution in [0, 0.1) is 5.92 Å². The number of nitrogens with zero attached hydrogens (tertiary/aromatic N) is 3. The number of thiophene rings is 1. The van der Waals surface area contributed by atoms with Crippen molar-refractivity contribution in [3.8, 4) is 0 Å². The molecule has 0 saturated carbocycles. The average Bonchev–Trinajstić information content (AvgIpc) is 3.46. The maximum atomic E-state index is 13.1. The highest BCUT2D eigenvalue weighted by molar-refractivity contribution is 7.12. The van der Waals surface area contributed by atoms with Crippen molar-refractivity contribution in [1.82, 2.24) is 14.5 Å². The summed E-state index contributed by atoms with van der Waals surface area (Å²) in [6.45, 7) is 1.08. The summed E-state index contributed by atoms with van der Waals surface area (Å²) in [6.07, 6.45) is 5.94. The quantitative estimate of drug-likeness (QED) is 0.351. The number of ketones is 2. The molecule has 1 aromatic carbocycles. The Morgan fingerprint density at radius 3 is 2.57 bits per heavy atom. The lowest BCUT2D eigenvalue weighted by molar-refractivity contribution is -0.140. The van der Waals surface area contributed by atoms with Crippen molar-refractivity contribution in [3.05, 3.63) is 77.0 Å². The van der Waals surface area contributed by atoms with Crippen molar-refractivity contribution in [1.29, 1.82) is 0 Å². The summed E-state index contributed by atoms with van der Waals surface area (Å²) in [5.74, 6) is -2.47. The van der Waals surface area contributed by atoms with Gasteiger partial charge in [-0.15, -0.1) is 11.3 Å². The number of aromatic nitrogens is 2. The van der Waals surface area contributed by atoms with Crippen LogP contribution in [0.5, 0.6) is 0 Å². The minimum absolute atomic E-state index is 0.278. The van der Waals surface area contributed by atoms with Crippen LogP contribution in [0.15, 0.2) is 66.6 Å². The van der Waals surface area contributed by atoms with E-state index in [9.17, 15) is 14.4 Å². The van der Waals surface area contributed by atoms with Crippen molar-refractivity contribution in [2.24, 2.45) is 5.92 Å². The first-order valence-electron chi connectivity index (χ1n) is 9.10. The van der Waals surface area contributed by atoms with Gasteiger partial charge < -0.3 is 9.47 Å². The van der Waals surface area contributed by atoms with Crippen LogP contribution in [0.3, 0.4) is 0 Å².